The van der Waals surface area contributed by atoms with Crippen LogP contribution in [-0.4, -0.2) is 35.5 Å². The highest BCUT2D eigenvalue weighted by Crippen LogP contribution is 2.26. The highest BCUT2D eigenvalue weighted by molar-refractivity contribution is 5.87. The van der Waals surface area contributed by atoms with Crippen LogP contribution in [0, 0.1) is 17.2 Å². The van der Waals surface area contributed by atoms with Crippen LogP contribution in [-0.2, 0) is 37.0 Å². The Bertz CT molecular complexity index is 1080. The van der Waals surface area contributed by atoms with Crippen molar-refractivity contribution in [3.8, 4) is 6.07 Å². The van der Waals surface area contributed by atoms with Gasteiger partial charge >= 0.3 is 23.8 Å². The van der Waals surface area contributed by atoms with Gasteiger partial charge in [0, 0.05) is 0 Å². The minimum Gasteiger partial charge on any atom is -0.457 e. The molecule has 37 heavy (non-hydrogen) atoms. The van der Waals surface area contributed by atoms with E-state index in [4.69, 9.17) is 18.9 Å². The zero-order valence-corrected chi connectivity index (χ0v) is 21.9. The summed E-state index contributed by atoms with van der Waals surface area (Å²) in [7, 11) is 0. The van der Waals surface area contributed by atoms with Gasteiger partial charge in [-0.15, -0.1) is 0 Å². The van der Waals surface area contributed by atoms with Crippen LogP contribution >= 0.6 is 0 Å². The average Bonchev–Trinajstić information content (AvgIpc) is 2.84. The van der Waals surface area contributed by atoms with E-state index in [0.717, 1.165) is 0 Å². The maximum atomic E-state index is 13.4. The van der Waals surface area contributed by atoms with Crippen LogP contribution in [0.5, 0.6) is 0 Å². The Morgan fingerprint density at radius 3 is 1.84 bits per heavy atom. The van der Waals surface area contributed by atoms with E-state index in [0.29, 0.717) is 11.1 Å². The largest absolute Gasteiger partial charge is 0.510 e. The van der Waals surface area contributed by atoms with Crippen molar-refractivity contribution >= 4 is 18.2 Å². The predicted octanol–water partition coefficient (Wildman–Crippen LogP) is 5.28. The van der Waals surface area contributed by atoms with Crippen LogP contribution in [0.4, 0.5) is 9.59 Å². The van der Waals surface area contributed by atoms with Crippen molar-refractivity contribution in [2.75, 3.05) is 0 Å². The van der Waals surface area contributed by atoms with Crippen LogP contribution in [0.2, 0.25) is 0 Å². The monoisotopic (exact) mass is 510 g/mol. The van der Waals surface area contributed by atoms with Crippen molar-refractivity contribution in [1.29, 1.82) is 5.26 Å². The van der Waals surface area contributed by atoms with Gasteiger partial charge < -0.3 is 24.3 Å². The molecule has 9 heteroatoms. The molecule has 0 aliphatic heterocycles. The normalized spacial score (nSPS) is 13.4. The van der Waals surface area contributed by atoms with Gasteiger partial charge in [-0.25, -0.2) is 14.4 Å². The molecule has 0 saturated carbocycles. The third-order valence-electron chi connectivity index (χ3n) is 5.01. The molecule has 1 N–H and O–H groups in total. The SMILES string of the molecule is CC(C)C[C@H](NC(=O)OC(C)(C)C)[C@](C#N)(OC(=O)OCc1ccccc1)C(=O)OCc1ccccc1. The van der Waals surface area contributed by atoms with E-state index in [9.17, 15) is 19.6 Å². The van der Waals surface area contributed by atoms with Crippen LogP contribution in [0.1, 0.15) is 52.2 Å². The number of nitrogens with one attached hydrogen (secondary N) is 1. The predicted molar refractivity (Wildman–Crippen MR) is 135 cm³/mol. The lowest BCUT2D eigenvalue weighted by atomic mass is 9.88. The number of nitriles is 1. The Labute approximate surface area is 217 Å². The zero-order chi connectivity index (χ0) is 27.5. The molecule has 0 fully saturated rings. The summed E-state index contributed by atoms with van der Waals surface area (Å²) >= 11 is 0. The summed E-state index contributed by atoms with van der Waals surface area (Å²) in [6.07, 6.45) is -2.05. The maximum Gasteiger partial charge on any atom is 0.510 e. The summed E-state index contributed by atoms with van der Waals surface area (Å²) in [6, 6.07) is 18.1. The Morgan fingerprint density at radius 2 is 1.38 bits per heavy atom. The molecule has 9 nitrogen and oxygen atoms in total. The van der Waals surface area contributed by atoms with Crippen LogP contribution in [0.3, 0.4) is 0 Å². The van der Waals surface area contributed by atoms with E-state index in [1.165, 1.54) is 0 Å². The molecule has 2 rings (SSSR count). The van der Waals surface area contributed by atoms with Crippen LogP contribution in [0.25, 0.3) is 0 Å². The fraction of sp³-hybridized carbons (Fsp3) is 0.429. The van der Waals surface area contributed by atoms with Crippen molar-refractivity contribution in [3.05, 3.63) is 71.8 Å². The second-order valence-electron chi connectivity index (χ2n) is 9.86. The van der Waals surface area contributed by atoms with Gasteiger partial charge in [-0.2, -0.15) is 5.26 Å². The Balaban J connectivity index is 2.35. The molecular weight excluding hydrogens is 476 g/mol. The Kier molecular flexibility index (Phi) is 10.5. The molecule has 2 atom stereocenters. The minimum atomic E-state index is -2.54. The van der Waals surface area contributed by atoms with E-state index in [-0.39, 0.29) is 25.6 Å². The van der Waals surface area contributed by atoms with E-state index in [2.05, 4.69) is 5.32 Å². The standard InChI is InChI=1S/C28H34N2O7/c1-20(2)16-23(30-25(32)36-27(3,4)5)28(19-29,24(31)34-17-21-12-8-6-9-13-21)37-26(33)35-18-22-14-10-7-11-15-22/h6-15,20,23H,16-18H2,1-5H3,(H,30,32)/t23-,28-/m0/s1. The third kappa shape index (κ3) is 9.49. The Morgan fingerprint density at radius 1 is 0.865 bits per heavy atom. The molecule has 0 aliphatic carbocycles. The second kappa shape index (κ2) is 13.3. The molecule has 0 spiro atoms. The number of ether oxygens (including phenoxy) is 4. The lowest BCUT2D eigenvalue weighted by molar-refractivity contribution is -0.166. The molecule has 0 aromatic heterocycles. The molecule has 0 heterocycles. The summed E-state index contributed by atoms with van der Waals surface area (Å²) < 4.78 is 21.3. The van der Waals surface area contributed by atoms with E-state index in [1.54, 1.807) is 81.4 Å². The molecular formula is C28H34N2O7. The Hall–Kier alpha value is -4.06. The van der Waals surface area contributed by atoms with Crippen LogP contribution < -0.4 is 5.32 Å². The number of carbonyl (C=O) groups is 3. The van der Waals surface area contributed by atoms with Crippen LogP contribution in [0.15, 0.2) is 60.7 Å². The average molecular weight is 511 g/mol. The van der Waals surface area contributed by atoms with Crippen molar-refractivity contribution in [2.45, 2.75) is 71.5 Å². The van der Waals surface area contributed by atoms with Crippen molar-refractivity contribution < 1.29 is 33.3 Å². The lowest BCUT2D eigenvalue weighted by Crippen LogP contribution is -2.60. The first-order chi connectivity index (χ1) is 17.4. The van der Waals surface area contributed by atoms with Gasteiger partial charge in [0.2, 0.25) is 0 Å². The van der Waals surface area contributed by atoms with E-state index < -0.39 is 35.5 Å². The first kappa shape index (κ1) is 29.2. The lowest BCUT2D eigenvalue weighted by Gasteiger charge is -2.34. The smallest absolute Gasteiger partial charge is 0.457 e. The molecule has 2 aromatic carbocycles. The molecule has 0 saturated heterocycles. The van der Waals surface area contributed by atoms with Gasteiger partial charge in [-0.05, 0) is 44.2 Å². The maximum absolute atomic E-state index is 13.4. The number of hydrogen-bond acceptors (Lipinski definition) is 8. The molecule has 0 bridgehead atoms. The van der Waals surface area contributed by atoms with Crippen molar-refractivity contribution in [1.82, 2.24) is 5.32 Å². The van der Waals surface area contributed by atoms with Gasteiger partial charge in [0.05, 0.1) is 6.04 Å². The summed E-state index contributed by atoms with van der Waals surface area (Å²) in [4.78, 5) is 38.8. The summed E-state index contributed by atoms with van der Waals surface area (Å²) in [5.74, 6) is -1.25. The quantitative estimate of drug-likeness (QED) is 0.338. The summed E-state index contributed by atoms with van der Waals surface area (Å²) in [5.41, 5.74) is -2.04. The molecule has 0 unspecified atom stereocenters. The first-order valence-electron chi connectivity index (χ1n) is 12.0. The first-order valence-corrected chi connectivity index (χ1v) is 12.0. The number of benzene rings is 2. The van der Waals surface area contributed by atoms with Gasteiger partial charge in [0.1, 0.15) is 24.9 Å². The third-order valence-corrected chi connectivity index (χ3v) is 5.01. The fourth-order valence-electron chi connectivity index (χ4n) is 3.36. The van der Waals surface area contributed by atoms with Gasteiger partial charge in [-0.3, -0.25) is 0 Å². The van der Waals surface area contributed by atoms with Gasteiger partial charge in [0.25, 0.3) is 0 Å². The van der Waals surface area contributed by atoms with Gasteiger partial charge in [0.15, 0.2) is 0 Å². The highest BCUT2D eigenvalue weighted by atomic mass is 16.7. The zero-order valence-electron chi connectivity index (χ0n) is 21.9. The number of nitrogens with zero attached hydrogens (tertiary/aromatic N) is 1. The number of carbonyl (C=O) groups excluding carboxylic acids is 3. The molecule has 0 aliphatic rings. The molecule has 0 radical (unpaired) electrons. The molecule has 1 amide bonds. The van der Waals surface area contributed by atoms with Crippen molar-refractivity contribution in [2.24, 2.45) is 5.92 Å². The number of esters is 1. The summed E-state index contributed by atoms with van der Waals surface area (Å²) in [6.45, 7) is 8.36. The van der Waals surface area contributed by atoms with E-state index in [1.807, 2.05) is 19.9 Å². The number of hydrogen-bond donors (Lipinski definition) is 1. The molecule has 2 aromatic rings. The minimum absolute atomic E-state index is 0.0964. The molecule has 198 valence electrons. The van der Waals surface area contributed by atoms with E-state index >= 15 is 0 Å². The number of amides is 1. The van der Waals surface area contributed by atoms with Crippen molar-refractivity contribution in [3.63, 3.8) is 0 Å². The number of rotatable bonds is 10. The number of alkyl carbamates (subject to hydrolysis) is 1. The topological polar surface area (TPSA) is 124 Å². The summed E-state index contributed by atoms with van der Waals surface area (Å²) in [5, 5.41) is 12.8. The fourth-order valence-corrected chi connectivity index (χ4v) is 3.36. The second-order valence-corrected chi connectivity index (χ2v) is 9.86. The highest BCUT2D eigenvalue weighted by Gasteiger charge is 2.54. The van der Waals surface area contributed by atoms with Gasteiger partial charge in [-0.1, -0.05) is 74.5 Å².